The van der Waals surface area contributed by atoms with Gasteiger partial charge in [-0.25, -0.2) is 0 Å². The molecule has 1 atom stereocenters. The van der Waals surface area contributed by atoms with Crippen LogP contribution in [0.1, 0.15) is 17.5 Å². The average molecular weight is 245 g/mol. The van der Waals surface area contributed by atoms with Gasteiger partial charge in [-0.2, -0.15) is 0 Å². The van der Waals surface area contributed by atoms with Crippen LogP contribution in [0.25, 0.3) is 11.6 Å². The summed E-state index contributed by atoms with van der Waals surface area (Å²) in [6.45, 7) is 0. The number of phenols is 1. The van der Waals surface area contributed by atoms with E-state index in [4.69, 9.17) is 0 Å². The number of rotatable bonds is 0. The third kappa shape index (κ3) is 0.976. The molecule has 5 rings (SSSR count). The monoisotopic (exact) mass is 245 g/mol. The minimum Gasteiger partial charge on any atom is -0.508 e. The number of aromatic hydroxyl groups is 1. The van der Waals surface area contributed by atoms with Gasteiger partial charge < -0.3 is 5.11 Å². The summed E-state index contributed by atoms with van der Waals surface area (Å²) in [5.74, 6) is 0.328. The minimum atomic E-state index is -0.0125. The second-order valence-electron chi connectivity index (χ2n) is 5.57. The summed E-state index contributed by atoms with van der Waals surface area (Å²) in [6, 6.07) is 5.61. The standard InChI is InChI=1S/C17H11NO/c19-12-2-1-10-3-5-17-6-4-14-15(11(8-17)9-18-14)16(17)13(10)7-12/h1-7,9,19H,8H2. The summed E-state index contributed by atoms with van der Waals surface area (Å²) >= 11 is 0. The summed E-state index contributed by atoms with van der Waals surface area (Å²) in [7, 11) is 0. The summed E-state index contributed by atoms with van der Waals surface area (Å²) in [5, 5.41) is 9.81. The van der Waals surface area contributed by atoms with Gasteiger partial charge in [-0.1, -0.05) is 24.3 Å². The molecule has 2 bridgehead atoms. The van der Waals surface area contributed by atoms with Crippen molar-refractivity contribution in [2.45, 2.75) is 6.42 Å². The molecular formula is C17H11NO. The number of benzene rings is 1. The van der Waals surface area contributed by atoms with E-state index in [0.717, 1.165) is 17.7 Å². The molecule has 1 aromatic rings. The maximum absolute atomic E-state index is 9.81. The second-order valence-corrected chi connectivity index (χ2v) is 5.57. The van der Waals surface area contributed by atoms with Gasteiger partial charge in [-0.3, -0.25) is 4.99 Å². The molecule has 0 fully saturated rings. The van der Waals surface area contributed by atoms with Crippen molar-refractivity contribution in [2.75, 3.05) is 0 Å². The van der Waals surface area contributed by atoms with Crippen molar-refractivity contribution in [2.24, 2.45) is 10.4 Å². The first-order chi connectivity index (χ1) is 9.27. The highest BCUT2D eigenvalue weighted by atomic mass is 16.3. The predicted molar refractivity (Wildman–Crippen MR) is 75.8 cm³/mol. The number of phenolic OH excluding ortho intramolecular Hbond substituents is 1. The maximum Gasteiger partial charge on any atom is 0.116 e. The summed E-state index contributed by atoms with van der Waals surface area (Å²) in [4.78, 5) is 4.48. The van der Waals surface area contributed by atoms with Gasteiger partial charge in [0.2, 0.25) is 0 Å². The Hall–Kier alpha value is -2.35. The molecule has 90 valence electrons. The maximum atomic E-state index is 9.81. The molecule has 0 spiro atoms. The number of hydrogen-bond acceptors (Lipinski definition) is 2. The minimum absolute atomic E-state index is 0.0125. The Kier molecular flexibility index (Phi) is 1.41. The lowest BCUT2D eigenvalue weighted by Crippen LogP contribution is -2.20. The van der Waals surface area contributed by atoms with Crippen LogP contribution >= 0.6 is 0 Å². The number of nitrogens with zero attached hydrogens (tertiary/aromatic N) is 1. The van der Waals surface area contributed by atoms with Crippen LogP contribution in [0.2, 0.25) is 0 Å². The van der Waals surface area contributed by atoms with Gasteiger partial charge in [0.05, 0.1) is 5.71 Å². The Morgan fingerprint density at radius 1 is 1.16 bits per heavy atom. The highest BCUT2D eigenvalue weighted by molar-refractivity contribution is 6.23. The van der Waals surface area contributed by atoms with Crippen molar-refractivity contribution in [3.63, 3.8) is 0 Å². The number of fused-ring (bicyclic) bond motifs is 1. The van der Waals surface area contributed by atoms with E-state index in [1.807, 2.05) is 18.3 Å². The zero-order valence-electron chi connectivity index (χ0n) is 10.2. The van der Waals surface area contributed by atoms with E-state index in [1.165, 1.54) is 22.3 Å². The SMILES string of the molecule is Oc1ccc2c(c1)C1=C3C4=CN=C3C=CC1(C=C2)C4. The molecule has 2 heteroatoms. The van der Waals surface area contributed by atoms with Crippen LogP contribution in [-0.2, 0) is 0 Å². The van der Waals surface area contributed by atoms with E-state index < -0.39 is 0 Å². The van der Waals surface area contributed by atoms with Gasteiger partial charge in [-0.05, 0) is 46.9 Å². The Labute approximate surface area is 110 Å². The van der Waals surface area contributed by atoms with Crippen molar-refractivity contribution in [3.05, 3.63) is 64.9 Å². The molecule has 1 heterocycles. The van der Waals surface area contributed by atoms with E-state index in [2.05, 4.69) is 29.3 Å². The Balaban J connectivity index is 1.93. The van der Waals surface area contributed by atoms with Gasteiger partial charge in [0.15, 0.2) is 0 Å². The van der Waals surface area contributed by atoms with Gasteiger partial charge in [0, 0.05) is 17.2 Å². The Morgan fingerprint density at radius 3 is 3.00 bits per heavy atom. The smallest absolute Gasteiger partial charge is 0.116 e. The summed E-state index contributed by atoms with van der Waals surface area (Å²) in [6.07, 6.45) is 11.8. The summed E-state index contributed by atoms with van der Waals surface area (Å²) in [5.41, 5.74) is 7.34. The van der Waals surface area contributed by atoms with Crippen LogP contribution in [0.15, 0.2) is 58.8 Å². The summed E-state index contributed by atoms with van der Waals surface area (Å²) < 4.78 is 0. The second kappa shape index (κ2) is 2.80. The molecule has 0 amide bonds. The number of aliphatic imine (C=N–C) groups is 1. The van der Waals surface area contributed by atoms with Crippen LogP contribution in [0.3, 0.4) is 0 Å². The zero-order valence-corrected chi connectivity index (χ0v) is 10.2. The fraction of sp³-hybridized carbons (Fsp3) is 0.118. The number of hydrogen-bond donors (Lipinski definition) is 1. The predicted octanol–water partition coefficient (Wildman–Crippen LogP) is 3.47. The quantitative estimate of drug-likeness (QED) is 0.745. The van der Waals surface area contributed by atoms with Gasteiger partial charge in [-0.15, -0.1) is 0 Å². The van der Waals surface area contributed by atoms with Gasteiger partial charge in [0.1, 0.15) is 5.75 Å². The molecule has 1 aromatic carbocycles. The van der Waals surface area contributed by atoms with Crippen LogP contribution in [0.4, 0.5) is 0 Å². The number of allylic oxidation sites excluding steroid dienone is 6. The van der Waals surface area contributed by atoms with E-state index >= 15 is 0 Å². The van der Waals surface area contributed by atoms with E-state index in [-0.39, 0.29) is 5.41 Å². The third-order valence-corrected chi connectivity index (χ3v) is 4.54. The van der Waals surface area contributed by atoms with Crippen molar-refractivity contribution in [1.82, 2.24) is 0 Å². The fourth-order valence-electron chi connectivity index (χ4n) is 3.72. The molecule has 1 aliphatic heterocycles. The Bertz CT molecular complexity index is 805. The van der Waals surface area contributed by atoms with Crippen molar-refractivity contribution in [3.8, 4) is 5.75 Å². The van der Waals surface area contributed by atoms with E-state index in [9.17, 15) is 5.11 Å². The van der Waals surface area contributed by atoms with Crippen LogP contribution < -0.4 is 0 Å². The van der Waals surface area contributed by atoms with E-state index in [0.29, 0.717) is 5.75 Å². The van der Waals surface area contributed by atoms with Crippen molar-refractivity contribution < 1.29 is 5.11 Å². The molecule has 1 N–H and O–H groups in total. The highest BCUT2D eigenvalue weighted by Gasteiger charge is 2.47. The fourth-order valence-corrected chi connectivity index (χ4v) is 3.72. The molecule has 19 heavy (non-hydrogen) atoms. The van der Waals surface area contributed by atoms with Crippen LogP contribution in [-0.4, -0.2) is 10.8 Å². The normalized spacial score (nSPS) is 28.2. The molecule has 0 saturated heterocycles. The van der Waals surface area contributed by atoms with Crippen molar-refractivity contribution >= 4 is 17.4 Å². The zero-order chi connectivity index (χ0) is 12.6. The molecule has 0 aromatic heterocycles. The first-order valence-electron chi connectivity index (χ1n) is 6.51. The Morgan fingerprint density at radius 2 is 2.05 bits per heavy atom. The molecule has 3 aliphatic carbocycles. The highest BCUT2D eigenvalue weighted by Crippen LogP contribution is 2.59. The lowest BCUT2D eigenvalue weighted by Gasteiger charge is -2.32. The lowest BCUT2D eigenvalue weighted by molar-refractivity contribution is 0.475. The molecule has 0 saturated carbocycles. The lowest BCUT2D eigenvalue weighted by atomic mass is 9.70. The first-order valence-corrected chi connectivity index (χ1v) is 6.51. The van der Waals surface area contributed by atoms with Gasteiger partial charge in [0.25, 0.3) is 0 Å². The molecular weight excluding hydrogens is 234 g/mol. The average Bonchev–Trinajstić information content (AvgIpc) is 2.89. The van der Waals surface area contributed by atoms with Crippen molar-refractivity contribution in [1.29, 1.82) is 0 Å². The largest absolute Gasteiger partial charge is 0.508 e. The molecule has 2 nitrogen and oxygen atoms in total. The topological polar surface area (TPSA) is 32.6 Å². The molecule has 0 radical (unpaired) electrons. The first kappa shape index (κ1) is 9.56. The van der Waals surface area contributed by atoms with Crippen LogP contribution in [0, 0.1) is 5.41 Å². The molecule has 1 unspecified atom stereocenters. The van der Waals surface area contributed by atoms with Gasteiger partial charge >= 0.3 is 0 Å². The third-order valence-electron chi connectivity index (χ3n) is 4.54. The van der Waals surface area contributed by atoms with E-state index in [1.54, 1.807) is 6.07 Å². The van der Waals surface area contributed by atoms with Crippen LogP contribution in [0.5, 0.6) is 5.75 Å². The molecule has 4 aliphatic rings.